The van der Waals surface area contributed by atoms with E-state index >= 15 is 0 Å². The molecule has 0 saturated carbocycles. The second-order valence-corrected chi connectivity index (χ2v) is 7.65. The fourth-order valence-electron chi connectivity index (χ4n) is 1.67. The number of aliphatic hydroxyl groups excluding tert-OH is 1. The Balaban J connectivity index is 0.00000242. The summed E-state index contributed by atoms with van der Waals surface area (Å²) in [4.78, 5) is 3.11. The van der Waals surface area contributed by atoms with Gasteiger partial charge in [0.1, 0.15) is 10.1 Å². The number of thioether (sulfide) groups is 1. The van der Waals surface area contributed by atoms with Gasteiger partial charge in [-0.2, -0.15) is 0 Å². The van der Waals surface area contributed by atoms with E-state index in [1.165, 1.54) is 23.9 Å². The summed E-state index contributed by atoms with van der Waals surface area (Å²) in [6, 6.07) is 14.3. The molecule has 0 fully saturated rings. The Morgan fingerprint density at radius 1 is 1.05 bits per heavy atom. The number of benzene rings is 2. The van der Waals surface area contributed by atoms with Crippen molar-refractivity contribution in [3.8, 4) is 0 Å². The molecular formula is C14H13NaO4S3. The molecule has 2 aromatic rings. The predicted molar refractivity (Wildman–Crippen MR) is 83.4 cm³/mol. The molecule has 4 nitrogen and oxygen atoms in total. The Morgan fingerprint density at radius 3 is 2.18 bits per heavy atom. The maximum Gasteiger partial charge on any atom is 1.00 e. The molecule has 0 heterocycles. The molecule has 2 rings (SSSR count). The number of hydrogen-bond acceptors (Lipinski definition) is 6. The summed E-state index contributed by atoms with van der Waals surface area (Å²) < 4.78 is 32.3. The molecule has 22 heavy (non-hydrogen) atoms. The second kappa shape index (κ2) is 8.75. The third-order valence-electron chi connectivity index (χ3n) is 2.72. The van der Waals surface area contributed by atoms with Gasteiger partial charge in [-0.3, -0.25) is 0 Å². The Hall–Kier alpha value is 0.01000. The van der Waals surface area contributed by atoms with Crippen LogP contribution in [0.5, 0.6) is 0 Å². The van der Waals surface area contributed by atoms with Gasteiger partial charge in [-0.1, -0.05) is 30.0 Å². The first-order valence-electron chi connectivity index (χ1n) is 5.95. The van der Waals surface area contributed by atoms with Crippen molar-refractivity contribution in [3.05, 3.63) is 54.1 Å². The normalized spacial score (nSPS) is 12.5. The van der Waals surface area contributed by atoms with Crippen molar-refractivity contribution in [2.24, 2.45) is 0 Å². The summed E-state index contributed by atoms with van der Waals surface area (Å²) in [5.74, 6) is 0. The summed E-state index contributed by atoms with van der Waals surface area (Å²) >= 11 is 3.18. The van der Waals surface area contributed by atoms with Crippen LogP contribution in [0.4, 0.5) is 0 Å². The molecule has 0 saturated heterocycles. The van der Waals surface area contributed by atoms with Gasteiger partial charge in [0.05, 0.1) is 0 Å². The van der Waals surface area contributed by atoms with Gasteiger partial charge in [0, 0.05) is 14.7 Å². The fraction of sp³-hybridized carbons (Fsp3) is 0.143. The van der Waals surface area contributed by atoms with Crippen molar-refractivity contribution in [2.75, 3.05) is 6.26 Å². The summed E-state index contributed by atoms with van der Waals surface area (Å²) in [6.45, 7) is 0. The van der Waals surface area contributed by atoms with E-state index in [-0.39, 0.29) is 35.1 Å². The SMILES string of the molecule is CSc1cccc(Sc2ccc(C(O)S(=O)(=O)[O-])cc2)c1.[Na+]. The van der Waals surface area contributed by atoms with Gasteiger partial charge < -0.3 is 9.66 Å². The van der Waals surface area contributed by atoms with Crippen LogP contribution in [-0.2, 0) is 10.1 Å². The van der Waals surface area contributed by atoms with Gasteiger partial charge in [0.15, 0.2) is 5.44 Å². The van der Waals surface area contributed by atoms with Gasteiger partial charge in [-0.15, -0.1) is 11.8 Å². The predicted octanol–water partition coefficient (Wildman–Crippen LogP) is 0.0998. The molecule has 0 radical (unpaired) electrons. The van der Waals surface area contributed by atoms with Crippen LogP contribution >= 0.6 is 23.5 Å². The van der Waals surface area contributed by atoms with Crippen LogP contribution in [-0.4, -0.2) is 24.3 Å². The minimum absolute atomic E-state index is 0. The third kappa shape index (κ3) is 5.58. The average Bonchev–Trinajstić information content (AvgIpc) is 2.46. The summed E-state index contributed by atoms with van der Waals surface area (Å²) in [6.07, 6.45) is 2.00. The van der Waals surface area contributed by atoms with Crippen molar-refractivity contribution < 1.29 is 47.6 Å². The zero-order valence-corrected chi connectivity index (χ0v) is 16.5. The van der Waals surface area contributed by atoms with Crippen molar-refractivity contribution in [1.29, 1.82) is 0 Å². The Kier molecular flexibility index (Phi) is 7.97. The van der Waals surface area contributed by atoms with Crippen LogP contribution < -0.4 is 29.6 Å². The van der Waals surface area contributed by atoms with Crippen LogP contribution in [0, 0.1) is 0 Å². The van der Waals surface area contributed by atoms with E-state index in [2.05, 4.69) is 6.07 Å². The quantitative estimate of drug-likeness (QED) is 0.461. The van der Waals surface area contributed by atoms with Crippen LogP contribution in [0.1, 0.15) is 11.0 Å². The standard InChI is InChI=1S/C14H14O4S3.Na/c1-19-12-3-2-4-13(9-12)20-11-7-5-10(6-8-11)14(15)21(16,17)18;/h2-9,14-15H,1H3,(H,16,17,18);/q;+1/p-1. The summed E-state index contributed by atoms with van der Waals surface area (Å²) in [5, 5.41) is 9.40. The maximum absolute atomic E-state index is 10.8. The fourth-order valence-corrected chi connectivity index (χ4v) is 3.57. The summed E-state index contributed by atoms with van der Waals surface area (Å²) in [7, 11) is -4.74. The van der Waals surface area contributed by atoms with Gasteiger partial charge in [-0.05, 0) is 42.2 Å². The van der Waals surface area contributed by atoms with Crippen molar-refractivity contribution in [2.45, 2.75) is 20.1 Å². The molecule has 0 aromatic heterocycles. The van der Waals surface area contributed by atoms with E-state index in [0.29, 0.717) is 0 Å². The van der Waals surface area contributed by atoms with E-state index in [4.69, 9.17) is 0 Å². The molecule has 0 amide bonds. The van der Waals surface area contributed by atoms with Crippen LogP contribution in [0.3, 0.4) is 0 Å². The van der Waals surface area contributed by atoms with Crippen molar-refractivity contribution >= 4 is 33.6 Å². The number of aliphatic hydroxyl groups is 1. The van der Waals surface area contributed by atoms with Gasteiger partial charge in [0.25, 0.3) is 0 Å². The zero-order valence-electron chi connectivity index (χ0n) is 12.1. The average molecular weight is 364 g/mol. The molecule has 0 bridgehead atoms. The molecule has 0 aliphatic rings. The van der Waals surface area contributed by atoms with Gasteiger partial charge in [-0.25, -0.2) is 8.42 Å². The number of hydrogen-bond donors (Lipinski definition) is 1. The smallest absolute Gasteiger partial charge is 0.746 e. The molecule has 112 valence electrons. The second-order valence-electron chi connectivity index (χ2n) is 4.20. The monoisotopic (exact) mass is 364 g/mol. The minimum atomic E-state index is -4.74. The first-order valence-corrected chi connectivity index (χ1v) is 9.46. The van der Waals surface area contributed by atoms with Crippen LogP contribution in [0.2, 0.25) is 0 Å². The van der Waals surface area contributed by atoms with E-state index < -0.39 is 15.6 Å². The molecule has 1 atom stereocenters. The molecule has 0 aliphatic carbocycles. The topological polar surface area (TPSA) is 77.4 Å². The Labute approximate surface area is 160 Å². The van der Waals surface area contributed by atoms with E-state index in [9.17, 15) is 18.1 Å². The molecule has 0 aliphatic heterocycles. The molecule has 8 heteroatoms. The molecule has 1 unspecified atom stereocenters. The maximum atomic E-state index is 10.8. The Bertz CT molecular complexity index is 717. The largest absolute Gasteiger partial charge is 1.00 e. The molecule has 1 N–H and O–H groups in total. The van der Waals surface area contributed by atoms with E-state index in [1.54, 1.807) is 23.9 Å². The Morgan fingerprint density at radius 2 is 1.64 bits per heavy atom. The van der Waals surface area contributed by atoms with Crippen LogP contribution in [0.25, 0.3) is 0 Å². The summed E-state index contributed by atoms with van der Waals surface area (Å²) in [5.41, 5.74) is -1.94. The van der Waals surface area contributed by atoms with Gasteiger partial charge in [0.2, 0.25) is 0 Å². The molecule has 0 spiro atoms. The minimum Gasteiger partial charge on any atom is -0.746 e. The molecular weight excluding hydrogens is 351 g/mol. The van der Waals surface area contributed by atoms with E-state index in [1.807, 2.05) is 24.5 Å². The third-order valence-corrected chi connectivity index (χ3v) is 5.26. The first-order chi connectivity index (χ1) is 9.90. The van der Waals surface area contributed by atoms with Crippen molar-refractivity contribution in [3.63, 3.8) is 0 Å². The zero-order chi connectivity index (χ0) is 15.5. The van der Waals surface area contributed by atoms with Crippen molar-refractivity contribution in [1.82, 2.24) is 0 Å². The first kappa shape index (κ1) is 20.1. The van der Waals surface area contributed by atoms with Crippen LogP contribution in [0.15, 0.2) is 63.2 Å². The molecule has 2 aromatic carbocycles. The number of rotatable bonds is 5. The van der Waals surface area contributed by atoms with E-state index in [0.717, 1.165) is 14.7 Å². The van der Waals surface area contributed by atoms with Gasteiger partial charge >= 0.3 is 29.6 Å².